The van der Waals surface area contributed by atoms with Crippen LogP contribution in [0.4, 0.5) is 5.69 Å². The number of anilines is 1. The van der Waals surface area contributed by atoms with Gasteiger partial charge in [0.1, 0.15) is 0 Å². The number of nitrogens with one attached hydrogen (secondary N) is 1. The van der Waals surface area contributed by atoms with E-state index >= 15 is 0 Å². The van der Waals surface area contributed by atoms with Gasteiger partial charge in [-0.05, 0) is 57.6 Å². The molecular weight excluding hydrogens is 562 g/mol. The molecule has 0 aliphatic carbocycles. The molecule has 0 atom stereocenters. The number of nitrogens with two attached hydrogens (primary N) is 1. The lowest BCUT2D eigenvalue weighted by molar-refractivity contribution is -0.113. The first-order valence-corrected chi connectivity index (χ1v) is 13.8. The molecule has 0 bridgehead atoms. The molecule has 0 saturated carbocycles. The highest BCUT2D eigenvalue weighted by Gasteiger charge is 2.18. The molecule has 34 heavy (non-hydrogen) atoms. The first-order chi connectivity index (χ1) is 16.2. The Morgan fingerprint density at radius 1 is 1.15 bits per heavy atom. The van der Waals surface area contributed by atoms with Gasteiger partial charge in [-0.1, -0.05) is 60.6 Å². The fourth-order valence-electron chi connectivity index (χ4n) is 3.49. The van der Waals surface area contributed by atoms with Crippen molar-refractivity contribution in [2.75, 3.05) is 11.1 Å². The number of aryl methyl sites for hydroxylation is 1. The number of nitrogens with zero attached hydrogens (tertiary/aromatic N) is 3. The summed E-state index contributed by atoms with van der Waals surface area (Å²) in [7, 11) is -3.89. The summed E-state index contributed by atoms with van der Waals surface area (Å²) in [4.78, 5) is 12.4. The molecule has 4 rings (SSSR count). The van der Waals surface area contributed by atoms with Crippen LogP contribution >= 0.6 is 39.3 Å². The minimum atomic E-state index is -3.89. The highest BCUT2D eigenvalue weighted by atomic mass is 79.9. The number of carbonyl (C=O) groups excluding carboxylic acids is 1. The number of carbonyl (C=O) groups is 1. The molecule has 0 aliphatic rings. The molecule has 3 aromatic carbocycles. The molecule has 0 unspecified atom stereocenters. The van der Waals surface area contributed by atoms with Gasteiger partial charge in [-0.15, -0.1) is 10.2 Å². The van der Waals surface area contributed by atoms with E-state index in [1.807, 2.05) is 28.8 Å². The summed E-state index contributed by atoms with van der Waals surface area (Å²) in [6.07, 6.45) is 0.909. The second-order valence-corrected chi connectivity index (χ2v) is 10.9. The van der Waals surface area contributed by atoms with Crippen molar-refractivity contribution in [3.05, 3.63) is 69.9 Å². The zero-order valence-electron chi connectivity index (χ0n) is 17.8. The second-order valence-electron chi connectivity index (χ2n) is 7.25. The number of rotatable bonds is 7. The molecule has 1 aromatic heterocycles. The number of halogens is 2. The second kappa shape index (κ2) is 10.0. The average molecular weight is 581 g/mol. The zero-order chi connectivity index (χ0) is 24.5. The third kappa shape index (κ3) is 5.13. The van der Waals surface area contributed by atoms with Gasteiger partial charge in [0.15, 0.2) is 5.16 Å². The molecule has 0 spiro atoms. The molecular formula is C22H19BrClN5O3S2. The highest BCUT2D eigenvalue weighted by molar-refractivity contribution is 9.10. The summed E-state index contributed by atoms with van der Waals surface area (Å²) in [6.45, 7) is 2.12. The summed E-state index contributed by atoms with van der Waals surface area (Å²) in [5.74, 6) is -0.310. The molecule has 8 nitrogen and oxygen atoms in total. The van der Waals surface area contributed by atoms with Crippen molar-refractivity contribution >= 4 is 71.7 Å². The molecule has 0 fully saturated rings. The van der Waals surface area contributed by atoms with E-state index < -0.39 is 10.0 Å². The number of aromatic nitrogens is 3. The lowest BCUT2D eigenvalue weighted by Crippen LogP contribution is -2.16. The number of sulfonamides is 1. The number of hydrogen-bond acceptors (Lipinski definition) is 6. The number of primary sulfonamides is 1. The van der Waals surface area contributed by atoms with Crippen molar-refractivity contribution in [3.8, 4) is 5.69 Å². The lowest BCUT2D eigenvalue weighted by Gasteiger charge is -2.13. The molecule has 1 amide bonds. The number of hydrogen-bond donors (Lipinski definition) is 2. The van der Waals surface area contributed by atoms with Crippen LogP contribution in [-0.4, -0.2) is 34.8 Å². The number of fused-ring (bicyclic) bond motifs is 1. The third-order valence-corrected chi connectivity index (χ3v) is 7.75. The minimum Gasteiger partial charge on any atom is -0.324 e. The van der Waals surface area contributed by atoms with E-state index in [2.05, 4.69) is 50.5 Å². The molecule has 3 N–H and O–H groups in total. The summed E-state index contributed by atoms with van der Waals surface area (Å²) in [6, 6.07) is 16.1. The monoisotopic (exact) mass is 579 g/mol. The van der Waals surface area contributed by atoms with E-state index in [0.717, 1.165) is 22.9 Å². The van der Waals surface area contributed by atoms with Crippen molar-refractivity contribution in [2.24, 2.45) is 5.14 Å². The van der Waals surface area contributed by atoms with Gasteiger partial charge in [-0.25, -0.2) is 13.6 Å². The largest absolute Gasteiger partial charge is 0.324 e. The minimum absolute atomic E-state index is 0.0311. The van der Waals surface area contributed by atoms with Crippen molar-refractivity contribution in [3.63, 3.8) is 0 Å². The van der Waals surface area contributed by atoms with Gasteiger partial charge >= 0.3 is 0 Å². The van der Waals surface area contributed by atoms with Gasteiger partial charge in [0.25, 0.3) is 0 Å². The Hall–Kier alpha value is -2.44. The van der Waals surface area contributed by atoms with Gasteiger partial charge in [0, 0.05) is 5.39 Å². The summed E-state index contributed by atoms with van der Waals surface area (Å²) >= 11 is 10.8. The van der Waals surface area contributed by atoms with Crippen LogP contribution in [0, 0.1) is 0 Å². The summed E-state index contributed by atoms with van der Waals surface area (Å²) < 4.78 is 25.3. The third-order valence-electron chi connectivity index (χ3n) is 5.08. The maximum atomic E-state index is 12.6. The standard InChI is InChI=1S/C22H19BrClN5O3S2/c1-2-13-7-10-19(16-6-4-3-5-15(13)16)29-21(23)27-28-22(29)33-12-20(30)26-18-9-8-14(11-17(18)24)34(25,31)32/h3-11H,2,12H2,1H3,(H,26,30)(H2,25,31,32). The van der Waals surface area contributed by atoms with Crippen LogP contribution in [0.25, 0.3) is 16.5 Å². The number of amides is 1. The van der Waals surface area contributed by atoms with E-state index in [0.29, 0.717) is 9.89 Å². The highest BCUT2D eigenvalue weighted by Crippen LogP contribution is 2.32. The predicted molar refractivity (Wildman–Crippen MR) is 138 cm³/mol. The van der Waals surface area contributed by atoms with Crippen molar-refractivity contribution in [2.45, 2.75) is 23.4 Å². The van der Waals surface area contributed by atoms with Gasteiger partial charge in [-0.2, -0.15) is 0 Å². The van der Waals surface area contributed by atoms with E-state index in [1.165, 1.54) is 35.5 Å². The first kappa shape index (κ1) is 24.7. The molecule has 12 heteroatoms. The normalized spacial score (nSPS) is 11.6. The van der Waals surface area contributed by atoms with Crippen LogP contribution in [-0.2, 0) is 21.2 Å². The van der Waals surface area contributed by atoms with Crippen molar-refractivity contribution in [1.82, 2.24) is 14.8 Å². The van der Waals surface area contributed by atoms with Crippen LogP contribution in [0.15, 0.2) is 69.4 Å². The maximum Gasteiger partial charge on any atom is 0.238 e. The van der Waals surface area contributed by atoms with Crippen LogP contribution in [0.2, 0.25) is 5.02 Å². The van der Waals surface area contributed by atoms with Crippen molar-refractivity contribution < 1.29 is 13.2 Å². The predicted octanol–water partition coefficient (Wildman–Crippen LogP) is 4.78. The van der Waals surface area contributed by atoms with E-state index in [-0.39, 0.29) is 27.3 Å². The summed E-state index contributed by atoms with van der Waals surface area (Å²) in [5.41, 5.74) is 2.42. The average Bonchev–Trinajstić information content (AvgIpc) is 3.17. The van der Waals surface area contributed by atoms with Crippen molar-refractivity contribution in [1.29, 1.82) is 0 Å². The SMILES string of the molecule is CCc1ccc(-n2c(Br)nnc2SCC(=O)Nc2ccc(S(N)(=O)=O)cc2Cl)c2ccccc12. The van der Waals surface area contributed by atoms with Crippen LogP contribution < -0.4 is 10.5 Å². The fourth-order valence-corrected chi connectivity index (χ4v) is 5.62. The van der Waals surface area contributed by atoms with Gasteiger partial charge < -0.3 is 5.32 Å². The molecule has 0 radical (unpaired) electrons. The number of benzene rings is 3. The first-order valence-electron chi connectivity index (χ1n) is 10.1. The molecule has 1 heterocycles. The lowest BCUT2D eigenvalue weighted by atomic mass is 10.0. The maximum absolute atomic E-state index is 12.6. The molecule has 0 saturated heterocycles. The van der Waals surface area contributed by atoms with Crippen LogP contribution in [0.5, 0.6) is 0 Å². The topological polar surface area (TPSA) is 120 Å². The van der Waals surface area contributed by atoms with Gasteiger partial charge in [0.05, 0.1) is 27.0 Å². The Morgan fingerprint density at radius 2 is 1.88 bits per heavy atom. The summed E-state index contributed by atoms with van der Waals surface area (Å²) in [5, 5.41) is 18.9. The Kier molecular flexibility index (Phi) is 7.29. The smallest absolute Gasteiger partial charge is 0.238 e. The Bertz CT molecular complexity index is 1510. The Labute approximate surface area is 214 Å². The molecule has 0 aliphatic heterocycles. The van der Waals surface area contributed by atoms with Gasteiger partial charge in [-0.3, -0.25) is 9.36 Å². The van der Waals surface area contributed by atoms with Crippen LogP contribution in [0.1, 0.15) is 12.5 Å². The fraction of sp³-hybridized carbons (Fsp3) is 0.136. The molecule has 176 valence electrons. The Balaban J connectivity index is 1.56. The van der Waals surface area contributed by atoms with Gasteiger partial charge in [0.2, 0.25) is 20.7 Å². The van der Waals surface area contributed by atoms with E-state index in [9.17, 15) is 13.2 Å². The van der Waals surface area contributed by atoms with E-state index in [4.69, 9.17) is 16.7 Å². The zero-order valence-corrected chi connectivity index (χ0v) is 21.8. The van der Waals surface area contributed by atoms with Crippen LogP contribution in [0.3, 0.4) is 0 Å². The quantitative estimate of drug-likeness (QED) is 0.304. The van der Waals surface area contributed by atoms with E-state index in [1.54, 1.807) is 0 Å². The number of thioether (sulfide) groups is 1. The Morgan fingerprint density at radius 3 is 2.56 bits per heavy atom. The molecule has 4 aromatic rings.